The second-order valence-corrected chi connectivity index (χ2v) is 4.63. The summed E-state index contributed by atoms with van der Waals surface area (Å²) in [4.78, 5) is 15.2. The van der Waals surface area contributed by atoms with Gasteiger partial charge in [0.15, 0.2) is 11.0 Å². The molecule has 0 fully saturated rings. The lowest BCUT2D eigenvalue weighted by Gasteiger charge is -1.96. The molecule has 0 saturated heterocycles. The van der Waals surface area contributed by atoms with Gasteiger partial charge in [-0.05, 0) is 35.9 Å². The highest BCUT2D eigenvalue weighted by Crippen LogP contribution is 2.25. The Morgan fingerprint density at radius 1 is 1.17 bits per heavy atom. The Labute approximate surface area is 112 Å². The number of benzene rings is 1. The van der Waals surface area contributed by atoms with E-state index < -0.39 is 0 Å². The number of H-pyrrole nitrogens is 1. The van der Waals surface area contributed by atoms with Crippen molar-refractivity contribution in [1.82, 2.24) is 4.98 Å². The number of hydrogen-bond donors (Lipinski definition) is 1. The molecule has 0 unspecified atom stereocenters. The molecule has 0 radical (unpaired) electrons. The zero-order valence-corrected chi connectivity index (χ0v) is 10.5. The third-order valence-electron chi connectivity index (χ3n) is 2.69. The van der Waals surface area contributed by atoms with Crippen molar-refractivity contribution in [2.24, 2.45) is 0 Å². The van der Waals surface area contributed by atoms with Crippen molar-refractivity contribution in [3.63, 3.8) is 0 Å². The number of rotatable bonds is 2. The van der Waals surface area contributed by atoms with E-state index >= 15 is 0 Å². The third-order valence-corrected chi connectivity index (χ3v) is 3.12. The Morgan fingerprint density at radius 2 is 2.00 bits per heavy atom. The molecule has 0 aliphatic heterocycles. The van der Waals surface area contributed by atoms with Crippen molar-refractivity contribution in [3.8, 4) is 0 Å². The fourth-order valence-corrected chi connectivity index (χ4v) is 2.17. The quantitative estimate of drug-likeness (QED) is 0.711. The number of halogens is 2. The van der Waals surface area contributed by atoms with Crippen molar-refractivity contribution >= 4 is 39.9 Å². The van der Waals surface area contributed by atoms with E-state index in [2.05, 4.69) is 4.98 Å². The van der Waals surface area contributed by atoms with Crippen molar-refractivity contribution in [2.75, 3.05) is 0 Å². The van der Waals surface area contributed by atoms with Gasteiger partial charge in [-0.3, -0.25) is 4.79 Å². The summed E-state index contributed by atoms with van der Waals surface area (Å²) in [6.45, 7) is 0. The number of aromatic amines is 1. The van der Waals surface area contributed by atoms with Crippen LogP contribution in [0.2, 0.25) is 10.2 Å². The molecule has 1 aromatic carbocycles. The first-order chi connectivity index (χ1) is 8.65. The number of furan rings is 1. The summed E-state index contributed by atoms with van der Waals surface area (Å²) >= 11 is 11.5. The zero-order valence-electron chi connectivity index (χ0n) is 9.04. The molecule has 0 bridgehead atoms. The van der Waals surface area contributed by atoms with Crippen molar-refractivity contribution in [2.45, 2.75) is 0 Å². The topological polar surface area (TPSA) is 46.0 Å². The Hall–Kier alpha value is -1.71. The summed E-state index contributed by atoms with van der Waals surface area (Å²) in [5.74, 6) is 0.00585. The van der Waals surface area contributed by atoms with Crippen molar-refractivity contribution in [1.29, 1.82) is 0 Å². The molecular weight excluding hydrogens is 273 g/mol. The van der Waals surface area contributed by atoms with Crippen LogP contribution in [0.4, 0.5) is 0 Å². The SMILES string of the molecule is O=C(c1ccc(Cl)o1)c1c[nH]c2cc(Cl)ccc12. The van der Waals surface area contributed by atoms with Crippen LogP contribution >= 0.6 is 23.2 Å². The molecule has 5 heteroatoms. The molecule has 0 amide bonds. The van der Waals surface area contributed by atoms with E-state index in [1.807, 2.05) is 0 Å². The largest absolute Gasteiger partial charge is 0.441 e. The molecule has 0 aliphatic carbocycles. The molecule has 2 heterocycles. The highest BCUT2D eigenvalue weighted by Gasteiger charge is 2.17. The standard InChI is InChI=1S/C13H7Cl2NO2/c14-7-1-2-8-9(6-16-10(8)5-7)13(17)11-3-4-12(15)18-11/h1-6,16H. The lowest BCUT2D eigenvalue weighted by Crippen LogP contribution is -1.97. The van der Waals surface area contributed by atoms with Gasteiger partial charge in [-0.25, -0.2) is 0 Å². The van der Waals surface area contributed by atoms with Crippen LogP contribution in [-0.2, 0) is 0 Å². The Kier molecular flexibility index (Phi) is 2.65. The predicted octanol–water partition coefficient (Wildman–Crippen LogP) is 4.30. The van der Waals surface area contributed by atoms with E-state index in [0.717, 1.165) is 10.9 Å². The second-order valence-electron chi connectivity index (χ2n) is 3.83. The number of fused-ring (bicyclic) bond motifs is 1. The molecule has 90 valence electrons. The van der Waals surface area contributed by atoms with Crippen LogP contribution in [0.3, 0.4) is 0 Å². The van der Waals surface area contributed by atoms with E-state index in [-0.39, 0.29) is 16.8 Å². The average Bonchev–Trinajstić information content (AvgIpc) is 2.94. The smallest absolute Gasteiger partial charge is 0.230 e. The van der Waals surface area contributed by atoms with Gasteiger partial charge in [0.2, 0.25) is 5.78 Å². The number of carbonyl (C=O) groups is 1. The molecule has 3 aromatic rings. The van der Waals surface area contributed by atoms with Crippen LogP contribution in [0.5, 0.6) is 0 Å². The maximum atomic E-state index is 12.2. The van der Waals surface area contributed by atoms with Gasteiger partial charge in [0.1, 0.15) is 0 Å². The molecular formula is C13H7Cl2NO2. The van der Waals surface area contributed by atoms with Gasteiger partial charge in [-0.2, -0.15) is 0 Å². The number of nitrogens with one attached hydrogen (secondary N) is 1. The van der Waals surface area contributed by atoms with Gasteiger partial charge in [0, 0.05) is 22.1 Å². The van der Waals surface area contributed by atoms with E-state index in [4.69, 9.17) is 27.6 Å². The molecule has 0 atom stereocenters. The van der Waals surface area contributed by atoms with Crippen molar-refractivity contribution in [3.05, 3.63) is 58.1 Å². The zero-order chi connectivity index (χ0) is 12.7. The van der Waals surface area contributed by atoms with Gasteiger partial charge in [-0.15, -0.1) is 0 Å². The summed E-state index contributed by atoms with van der Waals surface area (Å²) in [6.07, 6.45) is 1.64. The Bertz CT molecular complexity index is 742. The second kappa shape index (κ2) is 4.19. The fourth-order valence-electron chi connectivity index (χ4n) is 1.86. The van der Waals surface area contributed by atoms with Crippen molar-refractivity contribution < 1.29 is 9.21 Å². The minimum Gasteiger partial charge on any atom is -0.441 e. The lowest BCUT2D eigenvalue weighted by molar-refractivity contribution is 0.101. The van der Waals surface area contributed by atoms with Gasteiger partial charge >= 0.3 is 0 Å². The summed E-state index contributed by atoms with van der Waals surface area (Å²) in [5.41, 5.74) is 1.34. The third kappa shape index (κ3) is 1.82. The Morgan fingerprint density at radius 3 is 2.72 bits per heavy atom. The normalized spacial score (nSPS) is 11.0. The molecule has 0 spiro atoms. The number of hydrogen-bond acceptors (Lipinski definition) is 2. The minimum absolute atomic E-state index is 0.196. The van der Waals surface area contributed by atoms with Crippen LogP contribution in [-0.4, -0.2) is 10.8 Å². The summed E-state index contributed by atoms with van der Waals surface area (Å²) in [5, 5.41) is 1.61. The van der Waals surface area contributed by atoms with E-state index in [1.54, 1.807) is 36.5 Å². The fraction of sp³-hybridized carbons (Fsp3) is 0. The van der Waals surface area contributed by atoms with Crippen LogP contribution in [0.15, 0.2) is 40.9 Å². The summed E-state index contributed by atoms with van der Waals surface area (Å²) in [7, 11) is 0. The van der Waals surface area contributed by atoms with E-state index in [0.29, 0.717) is 10.6 Å². The maximum Gasteiger partial charge on any atom is 0.230 e. The number of carbonyl (C=O) groups excluding carboxylic acids is 1. The lowest BCUT2D eigenvalue weighted by atomic mass is 10.1. The van der Waals surface area contributed by atoms with Gasteiger partial charge < -0.3 is 9.40 Å². The van der Waals surface area contributed by atoms with E-state index in [9.17, 15) is 4.79 Å². The van der Waals surface area contributed by atoms with Gasteiger partial charge in [-0.1, -0.05) is 17.7 Å². The molecule has 0 aliphatic rings. The number of ketones is 1. The molecule has 18 heavy (non-hydrogen) atoms. The monoisotopic (exact) mass is 279 g/mol. The van der Waals surface area contributed by atoms with Crippen LogP contribution in [0, 0.1) is 0 Å². The first kappa shape index (κ1) is 11.4. The minimum atomic E-state index is -0.213. The molecule has 0 saturated carbocycles. The predicted molar refractivity (Wildman–Crippen MR) is 70.5 cm³/mol. The van der Waals surface area contributed by atoms with Crippen LogP contribution in [0.1, 0.15) is 16.1 Å². The van der Waals surface area contributed by atoms with Crippen LogP contribution < -0.4 is 0 Å². The highest BCUT2D eigenvalue weighted by atomic mass is 35.5. The number of aromatic nitrogens is 1. The maximum absolute atomic E-state index is 12.2. The Balaban J connectivity index is 2.12. The highest BCUT2D eigenvalue weighted by molar-refractivity contribution is 6.31. The molecule has 3 rings (SSSR count). The van der Waals surface area contributed by atoms with Crippen LogP contribution in [0.25, 0.3) is 10.9 Å². The van der Waals surface area contributed by atoms with Gasteiger partial charge in [0.25, 0.3) is 0 Å². The molecule has 1 N–H and O–H groups in total. The molecule has 2 aromatic heterocycles. The first-order valence-electron chi connectivity index (χ1n) is 5.22. The summed E-state index contributed by atoms with van der Waals surface area (Å²) < 4.78 is 5.12. The van der Waals surface area contributed by atoms with Gasteiger partial charge in [0.05, 0.1) is 5.56 Å². The first-order valence-corrected chi connectivity index (χ1v) is 5.97. The molecule has 3 nitrogen and oxygen atoms in total. The average molecular weight is 280 g/mol. The van der Waals surface area contributed by atoms with E-state index in [1.165, 1.54) is 0 Å². The summed E-state index contributed by atoms with van der Waals surface area (Å²) in [6, 6.07) is 8.40.